The predicted octanol–water partition coefficient (Wildman–Crippen LogP) is 4.03. The highest BCUT2D eigenvalue weighted by Crippen LogP contribution is 2.39. The monoisotopic (exact) mass is 511 g/mol. The molecule has 1 fully saturated rings. The first-order chi connectivity index (χ1) is 17.5. The van der Waals surface area contributed by atoms with Crippen molar-refractivity contribution >= 4 is 22.5 Å². The fourth-order valence-corrected chi connectivity index (χ4v) is 4.94. The van der Waals surface area contributed by atoms with Gasteiger partial charge < -0.3 is 11.1 Å². The highest BCUT2D eigenvalue weighted by atomic mass is 19.4. The largest absolute Gasteiger partial charge is 0.408 e. The van der Waals surface area contributed by atoms with Crippen LogP contribution in [0, 0.1) is 6.92 Å². The van der Waals surface area contributed by atoms with Gasteiger partial charge in [0.2, 0.25) is 0 Å². The first kappa shape index (κ1) is 25.1. The van der Waals surface area contributed by atoms with E-state index in [0.717, 1.165) is 5.39 Å². The number of likely N-dealkylation sites (tertiary alicyclic amines) is 1. The van der Waals surface area contributed by atoms with Gasteiger partial charge in [-0.25, -0.2) is 4.98 Å². The number of nitrogens with zero attached hydrogens (tertiary/aromatic N) is 5. The van der Waals surface area contributed by atoms with Gasteiger partial charge in [0.15, 0.2) is 11.5 Å². The topological polar surface area (TPSA) is 101 Å². The molecule has 0 bridgehead atoms. The number of aryl methyl sites for hydroxylation is 1. The molecule has 0 spiro atoms. The van der Waals surface area contributed by atoms with E-state index in [1.165, 1.54) is 27.6 Å². The van der Waals surface area contributed by atoms with E-state index in [0.29, 0.717) is 40.2 Å². The second kappa shape index (κ2) is 9.38. The first-order valence-corrected chi connectivity index (χ1v) is 12.2. The van der Waals surface area contributed by atoms with Crippen molar-refractivity contribution < 1.29 is 18.0 Å². The van der Waals surface area contributed by atoms with Gasteiger partial charge in [0, 0.05) is 42.3 Å². The molecule has 1 aromatic carbocycles. The van der Waals surface area contributed by atoms with Gasteiger partial charge in [-0.1, -0.05) is 18.2 Å². The summed E-state index contributed by atoms with van der Waals surface area (Å²) in [5, 5.41) is 12.1. The maximum absolute atomic E-state index is 14.2. The number of carbonyl (C=O) groups excluding carboxylic acids is 1. The van der Waals surface area contributed by atoms with E-state index in [4.69, 9.17) is 10.7 Å². The number of hydrogen-bond donors (Lipinski definition) is 2. The summed E-state index contributed by atoms with van der Waals surface area (Å²) < 4.78 is 44.0. The molecule has 1 aliphatic rings. The number of alkyl halides is 3. The molecule has 4 aromatic rings. The van der Waals surface area contributed by atoms with Crippen LogP contribution in [0.25, 0.3) is 28.1 Å². The Hall–Kier alpha value is -3.57. The lowest BCUT2D eigenvalue weighted by Gasteiger charge is -2.30. The van der Waals surface area contributed by atoms with Crippen molar-refractivity contribution in [2.45, 2.75) is 51.5 Å². The number of amides is 1. The van der Waals surface area contributed by atoms with E-state index >= 15 is 0 Å². The average molecular weight is 512 g/mol. The van der Waals surface area contributed by atoms with Gasteiger partial charge in [-0.2, -0.15) is 13.2 Å². The predicted molar refractivity (Wildman–Crippen MR) is 134 cm³/mol. The summed E-state index contributed by atoms with van der Waals surface area (Å²) in [6.45, 7) is 6.04. The standard InChI is InChI=1S/C26H28F3N7O/c1-14(2)31-25(37)19-7-4-16-5-8-20(32-22(16)15(19)3)24-34-33-21-9-6-17(12-36(21)24)23(26(27,28)29)35-11-10-18(30)13-35/h4-9,12,14,18,23H,10-11,13,30H2,1-3H3,(H,31,37). The van der Waals surface area contributed by atoms with Crippen LogP contribution in [0.3, 0.4) is 0 Å². The molecule has 37 heavy (non-hydrogen) atoms. The van der Waals surface area contributed by atoms with Crippen molar-refractivity contribution in [3.63, 3.8) is 0 Å². The Morgan fingerprint density at radius 1 is 1.14 bits per heavy atom. The zero-order valence-electron chi connectivity index (χ0n) is 20.8. The second-order valence-corrected chi connectivity index (χ2v) is 9.84. The van der Waals surface area contributed by atoms with Gasteiger partial charge in [-0.15, -0.1) is 10.2 Å². The molecule has 11 heteroatoms. The quantitative estimate of drug-likeness (QED) is 0.420. The molecule has 5 rings (SSSR count). The molecule has 1 aliphatic heterocycles. The summed E-state index contributed by atoms with van der Waals surface area (Å²) >= 11 is 0. The SMILES string of the molecule is Cc1c(C(=O)NC(C)C)ccc2ccc(-c3nnc4ccc(C(N5CCC(N)C5)C(F)(F)F)cn34)nc12. The summed E-state index contributed by atoms with van der Waals surface area (Å²) in [4.78, 5) is 18.8. The molecule has 2 unspecified atom stereocenters. The molecule has 3 aromatic heterocycles. The minimum atomic E-state index is -4.48. The zero-order valence-corrected chi connectivity index (χ0v) is 20.8. The number of halogens is 3. The summed E-state index contributed by atoms with van der Waals surface area (Å²) in [6, 6.07) is 8.07. The van der Waals surface area contributed by atoms with E-state index in [1.54, 1.807) is 12.1 Å². The molecular weight excluding hydrogens is 483 g/mol. The van der Waals surface area contributed by atoms with Crippen LogP contribution in [0.1, 0.15) is 47.8 Å². The summed E-state index contributed by atoms with van der Waals surface area (Å²) in [5.41, 5.74) is 8.65. The van der Waals surface area contributed by atoms with E-state index in [9.17, 15) is 18.0 Å². The van der Waals surface area contributed by atoms with Gasteiger partial charge >= 0.3 is 6.18 Å². The van der Waals surface area contributed by atoms with Crippen LogP contribution in [0.4, 0.5) is 13.2 Å². The Kier molecular flexibility index (Phi) is 6.36. The Bertz CT molecular complexity index is 1480. The molecule has 194 valence electrons. The van der Waals surface area contributed by atoms with Crippen LogP contribution in [0.2, 0.25) is 0 Å². The van der Waals surface area contributed by atoms with Gasteiger partial charge in [0.1, 0.15) is 11.7 Å². The van der Waals surface area contributed by atoms with Crippen molar-refractivity contribution in [3.05, 3.63) is 59.3 Å². The van der Waals surface area contributed by atoms with Gasteiger partial charge in [-0.05, 0) is 56.5 Å². The van der Waals surface area contributed by atoms with E-state index in [1.807, 2.05) is 32.9 Å². The van der Waals surface area contributed by atoms with Crippen molar-refractivity contribution in [1.29, 1.82) is 0 Å². The molecule has 1 amide bonds. The number of pyridine rings is 2. The number of nitrogens with two attached hydrogens (primary N) is 1. The molecule has 2 atom stereocenters. The molecule has 8 nitrogen and oxygen atoms in total. The Morgan fingerprint density at radius 2 is 1.89 bits per heavy atom. The Labute approximate surface area is 211 Å². The molecule has 4 heterocycles. The average Bonchev–Trinajstić information content (AvgIpc) is 3.44. The highest BCUT2D eigenvalue weighted by Gasteiger charge is 2.46. The lowest BCUT2D eigenvalue weighted by Crippen LogP contribution is -2.38. The van der Waals surface area contributed by atoms with Crippen LogP contribution < -0.4 is 11.1 Å². The van der Waals surface area contributed by atoms with Crippen LogP contribution in [-0.2, 0) is 0 Å². The fourth-order valence-electron chi connectivity index (χ4n) is 4.94. The third kappa shape index (κ3) is 4.76. The minimum Gasteiger partial charge on any atom is -0.350 e. The van der Waals surface area contributed by atoms with Crippen molar-refractivity contribution in [2.75, 3.05) is 13.1 Å². The maximum atomic E-state index is 14.2. The number of rotatable bonds is 5. The number of aromatic nitrogens is 4. The summed E-state index contributed by atoms with van der Waals surface area (Å²) in [7, 11) is 0. The van der Waals surface area contributed by atoms with E-state index in [-0.39, 0.29) is 36.6 Å². The number of benzene rings is 1. The molecular formula is C26H28F3N7O. The van der Waals surface area contributed by atoms with Crippen molar-refractivity contribution in [2.24, 2.45) is 5.73 Å². The number of carbonyl (C=O) groups is 1. The molecule has 0 aliphatic carbocycles. The molecule has 1 saturated heterocycles. The number of hydrogen-bond acceptors (Lipinski definition) is 6. The van der Waals surface area contributed by atoms with Crippen molar-refractivity contribution in [3.8, 4) is 11.5 Å². The van der Waals surface area contributed by atoms with Gasteiger partial charge in [0.25, 0.3) is 5.91 Å². The Balaban J connectivity index is 1.59. The maximum Gasteiger partial charge on any atom is 0.408 e. The van der Waals surface area contributed by atoms with Gasteiger partial charge in [-0.3, -0.25) is 14.1 Å². The molecule has 0 radical (unpaired) electrons. The normalized spacial score (nSPS) is 17.7. The zero-order chi connectivity index (χ0) is 26.5. The van der Waals surface area contributed by atoms with E-state index in [2.05, 4.69) is 15.5 Å². The number of fused-ring (bicyclic) bond motifs is 2. The Morgan fingerprint density at radius 3 is 2.57 bits per heavy atom. The first-order valence-electron chi connectivity index (χ1n) is 12.2. The minimum absolute atomic E-state index is 0.0183. The molecule has 0 saturated carbocycles. The summed E-state index contributed by atoms with van der Waals surface area (Å²) in [6.07, 6.45) is -2.53. The van der Waals surface area contributed by atoms with Crippen LogP contribution in [0.15, 0.2) is 42.6 Å². The molecule has 3 N–H and O–H groups in total. The van der Waals surface area contributed by atoms with Gasteiger partial charge in [0.05, 0.1) is 5.52 Å². The van der Waals surface area contributed by atoms with Crippen molar-refractivity contribution in [1.82, 2.24) is 29.8 Å². The smallest absolute Gasteiger partial charge is 0.350 e. The van der Waals surface area contributed by atoms with E-state index < -0.39 is 12.2 Å². The van der Waals surface area contributed by atoms with Crippen LogP contribution >= 0.6 is 0 Å². The highest BCUT2D eigenvalue weighted by molar-refractivity contribution is 6.00. The van der Waals surface area contributed by atoms with Crippen LogP contribution in [0.5, 0.6) is 0 Å². The lowest BCUT2D eigenvalue weighted by atomic mass is 10.0. The second-order valence-electron chi connectivity index (χ2n) is 9.84. The fraction of sp³-hybridized carbons (Fsp3) is 0.385. The third-order valence-electron chi connectivity index (χ3n) is 6.68. The number of nitrogens with one attached hydrogen (secondary N) is 1. The summed E-state index contributed by atoms with van der Waals surface area (Å²) in [5.74, 6) is 0.119. The third-order valence-corrected chi connectivity index (χ3v) is 6.68. The van der Waals surface area contributed by atoms with Crippen LogP contribution in [-0.4, -0.2) is 61.7 Å². The lowest BCUT2D eigenvalue weighted by molar-refractivity contribution is -0.183.